The molecule has 1 aromatic carbocycles. The van der Waals surface area contributed by atoms with Crippen molar-refractivity contribution in [3.63, 3.8) is 0 Å². The number of likely N-dealkylation sites (tertiary alicyclic amines) is 1. The Kier molecular flexibility index (Phi) is 7.00. The van der Waals surface area contributed by atoms with Crippen LogP contribution in [0.2, 0.25) is 0 Å². The van der Waals surface area contributed by atoms with Crippen molar-refractivity contribution in [1.82, 2.24) is 10.2 Å². The van der Waals surface area contributed by atoms with Crippen molar-refractivity contribution in [3.8, 4) is 0 Å². The maximum absolute atomic E-state index is 13.0. The molecule has 25 heavy (non-hydrogen) atoms. The molecule has 1 atom stereocenters. The molecule has 0 bridgehead atoms. The second-order valence-corrected chi connectivity index (χ2v) is 7.47. The number of hydrogen-bond donors (Lipinski definition) is 2. The lowest BCUT2D eigenvalue weighted by Crippen LogP contribution is -2.51. The van der Waals surface area contributed by atoms with E-state index in [1.165, 1.54) is 0 Å². The number of hydrogen-bond acceptors (Lipinski definition) is 3. The maximum Gasteiger partial charge on any atom is 0.252 e. The summed E-state index contributed by atoms with van der Waals surface area (Å²) in [4.78, 5) is 27.5. The molecular weight excluding hydrogens is 314 g/mol. The Morgan fingerprint density at radius 1 is 1.24 bits per heavy atom. The molecule has 0 radical (unpaired) electrons. The molecule has 1 fully saturated rings. The lowest BCUT2D eigenvalue weighted by Gasteiger charge is -2.34. The molecule has 0 saturated carbocycles. The van der Waals surface area contributed by atoms with Gasteiger partial charge in [-0.1, -0.05) is 32.0 Å². The van der Waals surface area contributed by atoms with Crippen LogP contribution in [0.1, 0.15) is 49.0 Å². The predicted molar refractivity (Wildman–Crippen MR) is 100 cm³/mol. The zero-order valence-electron chi connectivity index (χ0n) is 15.6. The van der Waals surface area contributed by atoms with Gasteiger partial charge in [0.05, 0.1) is 0 Å². The van der Waals surface area contributed by atoms with Gasteiger partial charge in [0.15, 0.2) is 0 Å². The fourth-order valence-electron chi connectivity index (χ4n) is 3.37. The topological polar surface area (TPSA) is 75.4 Å². The van der Waals surface area contributed by atoms with Gasteiger partial charge < -0.3 is 16.0 Å². The summed E-state index contributed by atoms with van der Waals surface area (Å²) in [5.74, 6) is 0.696. The van der Waals surface area contributed by atoms with E-state index in [-0.39, 0.29) is 11.8 Å². The van der Waals surface area contributed by atoms with Crippen molar-refractivity contribution in [2.75, 3.05) is 19.6 Å². The lowest BCUT2D eigenvalue weighted by atomic mass is 9.95. The third-order valence-corrected chi connectivity index (χ3v) is 4.96. The summed E-state index contributed by atoms with van der Waals surface area (Å²) in [6, 6.07) is 6.99. The van der Waals surface area contributed by atoms with Crippen LogP contribution in [0.3, 0.4) is 0 Å². The molecule has 5 nitrogen and oxygen atoms in total. The Hall–Kier alpha value is -1.88. The van der Waals surface area contributed by atoms with Gasteiger partial charge in [0.1, 0.15) is 6.04 Å². The van der Waals surface area contributed by atoms with Crippen LogP contribution >= 0.6 is 0 Å². The molecule has 2 rings (SSSR count). The Bertz CT molecular complexity index is 592. The summed E-state index contributed by atoms with van der Waals surface area (Å²) in [5.41, 5.74) is 7.28. The van der Waals surface area contributed by atoms with E-state index in [1.807, 2.05) is 30.0 Å². The number of aryl methyl sites for hydroxylation is 1. The zero-order chi connectivity index (χ0) is 18.4. The van der Waals surface area contributed by atoms with E-state index < -0.39 is 6.04 Å². The van der Waals surface area contributed by atoms with Crippen LogP contribution in [-0.4, -0.2) is 42.4 Å². The van der Waals surface area contributed by atoms with Gasteiger partial charge in [0.25, 0.3) is 5.91 Å². The highest BCUT2D eigenvalue weighted by Gasteiger charge is 2.29. The number of rotatable bonds is 6. The van der Waals surface area contributed by atoms with Crippen LogP contribution in [0.15, 0.2) is 24.3 Å². The van der Waals surface area contributed by atoms with Gasteiger partial charge in [-0.05, 0) is 56.2 Å². The lowest BCUT2D eigenvalue weighted by molar-refractivity contribution is -0.135. The number of carbonyl (C=O) groups excluding carboxylic acids is 2. The van der Waals surface area contributed by atoms with Gasteiger partial charge in [-0.2, -0.15) is 0 Å². The molecule has 138 valence electrons. The molecule has 5 heteroatoms. The number of amides is 2. The number of benzene rings is 1. The minimum absolute atomic E-state index is 0.0334. The fourth-order valence-corrected chi connectivity index (χ4v) is 3.37. The van der Waals surface area contributed by atoms with Crippen molar-refractivity contribution < 1.29 is 9.59 Å². The quantitative estimate of drug-likeness (QED) is 0.831. The zero-order valence-corrected chi connectivity index (χ0v) is 15.6. The van der Waals surface area contributed by atoms with E-state index in [1.54, 1.807) is 6.07 Å². The van der Waals surface area contributed by atoms with Crippen molar-refractivity contribution in [2.24, 2.45) is 17.6 Å². The first-order chi connectivity index (χ1) is 11.9. The molecular formula is C20H31N3O2. The average molecular weight is 345 g/mol. The van der Waals surface area contributed by atoms with Gasteiger partial charge in [-0.3, -0.25) is 9.59 Å². The minimum Gasteiger partial charge on any atom is -0.341 e. The average Bonchev–Trinajstić information content (AvgIpc) is 2.60. The normalized spacial score (nSPS) is 16.8. The number of piperidine rings is 1. The van der Waals surface area contributed by atoms with Crippen LogP contribution in [0.25, 0.3) is 0 Å². The standard InChI is InChI=1S/C20H31N3O2/c1-14(2)12-18(20(25)23-10-8-16(13-21)9-11-23)22-19(24)17-7-5-4-6-15(17)3/h4-7,14,16,18H,8-13,21H2,1-3H3,(H,22,24). The molecule has 0 spiro atoms. The highest BCUT2D eigenvalue weighted by Crippen LogP contribution is 2.18. The molecule has 0 aliphatic carbocycles. The van der Waals surface area contributed by atoms with Gasteiger partial charge in [0.2, 0.25) is 5.91 Å². The first-order valence-corrected chi connectivity index (χ1v) is 9.27. The van der Waals surface area contributed by atoms with Gasteiger partial charge >= 0.3 is 0 Å². The fraction of sp³-hybridized carbons (Fsp3) is 0.600. The third-order valence-electron chi connectivity index (χ3n) is 4.96. The van der Waals surface area contributed by atoms with Crippen molar-refractivity contribution >= 4 is 11.8 Å². The summed E-state index contributed by atoms with van der Waals surface area (Å²) in [6.45, 7) is 8.19. The van der Waals surface area contributed by atoms with Gasteiger partial charge in [-0.25, -0.2) is 0 Å². The molecule has 1 aliphatic rings. The largest absolute Gasteiger partial charge is 0.341 e. The first-order valence-electron chi connectivity index (χ1n) is 9.27. The number of nitrogens with two attached hydrogens (primary N) is 1. The molecule has 3 N–H and O–H groups in total. The smallest absolute Gasteiger partial charge is 0.252 e. The van der Waals surface area contributed by atoms with E-state index in [4.69, 9.17) is 5.73 Å². The summed E-state index contributed by atoms with van der Waals surface area (Å²) in [7, 11) is 0. The second kappa shape index (κ2) is 8.99. The molecule has 1 aliphatic heterocycles. The van der Waals surface area contributed by atoms with Gasteiger partial charge in [-0.15, -0.1) is 0 Å². The van der Waals surface area contributed by atoms with Crippen LogP contribution in [-0.2, 0) is 4.79 Å². The number of nitrogens with one attached hydrogen (secondary N) is 1. The van der Waals surface area contributed by atoms with Crippen molar-refractivity contribution in [3.05, 3.63) is 35.4 Å². The van der Waals surface area contributed by atoms with Crippen molar-refractivity contribution in [1.29, 1.82) is 0 Å². The Labute approximate surface area is 151 Å². The molecule has 2 amide bonds. The highest BCUT2D eigenvalue weighted by atomic mass is 16.2. The van der Waals surface area contributed by atoms with Crippen LogP contribution in [0, 0.1) is 18.8 Å². The highest BCUT2D eigenvalue weighted by molar-refractivity contribution is 5.98. The monoisotopic (exact) mass is 345 g/mol. The molecule has 1 saturated heterocycles. The maximum atomic E-state index is 13.0. The van der Waals surface area contributed by atoms with E-state index >= 15 is 0 Å². The molecule has 1 aromatic rings. The van der Waals surface area contributed by atoms with Crippen LogP contribution in [0.5, 0.6) is 0 Å². The SMILES string of the molecule is Cc1ccccc1C(=O)NC(CC(C)C)C(=O)N1CCC(CN)CC1. The van der Waals surface area contributed by atoms with Gasteiger partial charge in [0, 0.05) is 18.7 Å². The minimum atomic E-state index is -0.471. The van der Waals surface area contributed by atoms with Crippen LogP contribution in [0.4, 0.5) is 0 Å². The summed E-state index contributed by atoms with van der Waals surface area (Å²) >= 11 is 0. The second-order valence-electron chi connectivity index (χ2n) is 7.47. The summed E-state index contributed by atoms with van der Waals surface area (Å²) < 4.78 is 0. The molecule has 1 heterocycles. The molecule has 0 aromatic heterocycles. The number of carbonyl (C=O) groups is 2. The van der Waals surface area contributed by atoms with E-state index in [0.29, 0.717) is 30.4 Å². The summed E-state index contributed by atoms with van der Waals surface area (Å²) in [6.07, 6.45) is 2.54. The van der Waals surface area contributed by atoms with E-state index in [2.05, 4.69) is 19.2 Å². The number of nitrogens with zero attached hydrogens (tertiary/aromatic N) is 1. The Morgan fingerprint density at radius 3 is 2.44 bits per heavy atom. The predicted octanol–water partition coefficient (Wildman–Crippen LogP) is 2.34. The Balaban J connectivity index is 2.06. The first kappa shape index (κ1) is 19.4. The molecule has 1 unspecified atom stereocenters. The third kappa shape index (κ3) is 5.30. The van der Waals surface area contributed by atoms with Crippen molar-refractivity contribution in [2.45, 2.75) is 46.1 Å². The Morgan fingerprint density at radius 2 is 1.88 bits per heavy atom. The van der Waals surface area contributed by atoms with Crippen LogP contribution < -0.4 is 11.1 Å². The van der Waals surface area contributed by atoms with E-state index in [0.717, 1.165) is 31.5 Å². The summed E-state index contributed by atoms with van der Waals surface area (Å²) in [5, 5.41) is 2.97. The van der Waals surface area contributed by atoms with E-state index in [9.17, 15) is 9.59 Å².